The Hall–Kier alpha value is -2.32. The van der Waals surface area contributed by atoms with Crippen LogP contribution in [-0.4, -0.2) is 26.6 Å². The Morgan fingerprint density at radius 2 is 1.76 bits per heavy atom. The molecular weight excluding hydrogens is 456 g/mol. The number of unbranched alkanes of at least 4 members (excludes halogenated alkanes) is 1. The zero-order valence-electron chi connectivity index (χ0n) is 16.3. The quantitative estimate of drug-likeness (QED) is 0.406. The van der Waals surface area contributed by atoms with E-state index in [0.717, 1.165) is 23.1 Å². The van der Waals surface area contributed by atoms with Crippen LogP contribution in [0.2, 0.25) is 0 Å². The molecule has 0 fully saturated rings. The van der Waals surface area contributed by atoms with Crippen LogP contribution in [0.15, 0.2) is 67.3 Å². The van der Waals surface area contributed by atoms with Gasteiger partial charge in [-0.1, -0.05) is 29.3 Å². The number of hydrogen-bond acceptors (Lipinski definition) is 6. The monoisotopic (exact) mass is 478 g/mol. The highest BCUT2D eigenvalue weighted by Gasteiger charge is 2.28. The summed E-state index contributed by atoms with van der Waals surface area (Å²) in [4.78, 5) is 4.49. The van der Waals surface area contributed by atoms with Gasteiger partial charge in [0.1, 0.15) is 5.75 Å². The van der Waals surface area contributed by atoms with E-state index >= 15 is 0 Å². The molecule has 0 atom stereocenters. The lowest BCUT2D eigenvalue weighted by molar-refractivity contribution is 0.340. The zero-order chi connectivity index (χ0) is 20.9. The molecule has 0 saturated heterocycles. The predicted octanol–water partition coefficient (Wildman–Crippen LogP) is 5.55. The Balaban J connectivity index is 2.01. The Bertz CT molecular complexity index is 1050. The molecule has 1 heterocycles. The van der Waals surface area contributed by atoms with Crippen LogP contribution in [0.1, 0.15) is 26.7 Å². The standard InChI is InChI=1S/C21H23BrN2O4S/c1-3-5-14-23-20-21(29(25,26)18-12-8-16(22)9-13-18)24-19(28-20)15-6-10-17(11-7-15)27-4-2/h6-13,23H,3-5,14H2,1-2H3. The predicted molar refractivity (Wildman–Crippen MR) is 116 cm³/mol. The van der Waals surface area contributed by atoms with Gasteiger partial charge in [-0.25, -0.2) is 8.42 Å². The van der Waals surface area contributed by atoms with Gasteiger partial charge in [0.2, 0.25) is 26.6 Å². The molecule has 3 rings (SSSR count). The maximum Gasteiger partial charge on any atom is 0.233 e. The summed E-state index contributed by atoms with van der Waals surface area (Å²) in [5, 5.41) is 2.97. The van der Waals surface area contributed by atoms with Crippen LogP contribution in [-0.2, 0) is 9.84 Å². The van der Waals surface area contributed by atoms with Gasteiger partial charge in [0, 0.05) is 16.6 Å². The van der Waals surface area contributed by atoms with Crippen LogP contribution in [0, 0.1) is 0 Å². The third-order valence-electron chi connectivity index (χ3n) is 4.20. The van der Waals surface area contributed by atoms with Gasteiger partial charge in [-0.15, -0.1) is 0 Å². The van der Waals surface area contributed by atoms with Crippen molar-refractivity contribution in [1.82, 2.24) is 4.98 Å². The van der Waals surface area contributed by atoms with Crippen molar-refractivity contribution in [3.63, 3.8) is 0 Å². The number of halogens is 1. The molecule has 2 aromatic carbocycles. The minimum Gasteiger partial charge on any atom is -0.494 e. The van der Waals surface area contributed by atoms with Crippen molar-refractivity contribution < 1.29 is 17.6 Å². The van der Waals surface area contributed by atoms with Crippen LogP contribution in [0.25, 0.3) is 11.5 Å². The van der Waals surface area contributed by atoms with Crippen molar-refractivity contribution >= 4 is 31.7 Å². The summed E-state index contributed by atoms with van der Waals surface area (Å²) in [6, 6.07) is 13.6. The smallest absolute Gasteiger partial charge is 0.233 e. The molecule has 0 aliphatic rings. The first-order valence-corrected chi connectivity index (χ1v) is 11.7. The molecule has 0 amide bonds. The van der Waals surface area contributed by atoms with E-state index in [1.54, 1.807) is 48.5 Å². The molecule has 0 aliphatic heterocycles. The molecular formula is C21H23BrN2O4S. The molecule has 0 unspecified atom stereocenters. The number of benzene rings is 2. The molecule has 0 aliphatic carbocycles. The molecule has 0 saturated carbocycles. The first-order valence-electron chi connectivity index (χ1n) is 9.44. The van der Waals surface area contributed by atoms with Crippen molar-refractivity contribution in [1.29, 1.82) is 0 Å². The highest BCUT2D eigenvalue weighted by atomic mass is 79.9. The van der Waals surface area contributed by atoms with Gasteiger partial charge in [0.05, 0.1) is 11.5 Å². The normalized spacial score (nSPS) is 11.4. The Labute approximate surface area is 179 Å². The molecule has 8 heteroatoms. The summed E-state index contributed by atoms with van der Waals surface area (Å²) in [6.45, 7) is 5.14. The van der Waals surface area contributed by atoms with E-state index in [0.29, 0.717) is 18.7 Å². The molecule has 1 aromatic heterocycles. The second-order valence-electron chi connectivity index (χ2n) is 6.35. The Morgan fingerprint density at radius 1 is 1.07 bits per heavy atom. The minimum absolute atomic E-state index is 0.111. The summed E-state index contributed by atoms with van der Waals surface area (Å²) in [5.41, 5.74) is 0.671. The number of hydrogen-bond donors (Lipinski definition) is 1. The SMILES string of the molecule is CCCCNc1oc(-c2ccc(OCC)cc2)nc1S(=O)(=O)c1ccc(Br)cc1. The molecule has 6 nitrogen and oxygen atoms in total. The lowest BCUT2D eigenvalue weighted by Gasteiger charge is -2.05. The van der Waals surface area contributed by atoms with E-state index in [-0.39, 0.29) is 21.7 Å². The Morgan fingerprint density at radius 3 is 2.38 bits per heavy atom. The Kier molecular flexibility index (Phi) is 6.97. The summed E-state index contributed by atoms with van der Waals surface area (Å²) >= 11 is 3.33. The molecule has 0 radical (unpaired) electrons. The lowest BCUT2D eigenvalue weighted by atomic mass is 10.2. The van der Waals surface area contributed by atoms with Crippen LogP contribution in [0.4, 0.5) is 5.88 Å². The van der Waals surface area contributed by atoms with E-state index in [1.165, 1.54) is 0 Å². The summed E-state index contributed by atoms with van der Waals surface area (Å²) in [7, 11) is -3.84. The van der Waals surface area contributed by atoms with E-state index < -0.39 is 9.84 Å². The van der Waals surface area contributed by atoms with Gasteiger partial charge < -0.3 is 14.5 Å². The third-order valence-corrected chi connectivity index (χ3v) is 6.41. The van der Waals surface area contributed by atoms with Gasteiger partial charge in [-0.2, -0.15) is 4.98 Å². The molecule has 29 heavy (non-hydrogen) atoms. The maximum absolute atomic E-state index is 13.2. The number of ether oxygens (including phenoxy) is 1. The minimum atomic E-state index is -3.84. The number of sulfone groups is 1. The largest absolute Gasteiger partial charge is 0.494 e. The summed E-state index contributed by atoms with van der Waals surface area (Å²) in [5.74, 6) is 1.12. The van der Waals surface area contributed by atoms with Crippen molar-refractivity contribution in [3.05, 3.63) is 53.0 Å². The molecule has 1 N–H and O–H groups in total. The lowest BCUT2D eigenvalue weighted by Crippen LogP contribution is -2.08. The van der Waals surface area contributed by atoms with Crippen LogP contribution >= 0.6 is 15.9 Å². The van der Waals surface area contributed by atoms with Crippen molar-refractivity contribution in [2.45, 2.75) is 36.6 Å². The molecule has 3 aromatic rings. The average Bonchev–Trinajstić information content (AvgIpc) is 3.14. The number of rotatable bonds is 9. The second-order valence-corrected chi connectivity index (χ2v) is 9.13. The highest BCUT2D eigenvalue weighted by Crippen LogP contribution is 2.33. The molecule has 0 bridgehead atoms. The van der Waals surface area contributed by atoms with Gasteiger partial charge in [0.15, 0.2) is 0 Å². The maximum atomic E-state index is 13.2. The zero-order valence-corrected chi connectivity index (χ0v) is 18.7. The van der Waals surface area contributed by atoms with Gasteiger partial charge in [-0.3, -0.25) is 0 Å². The molecule has 154 valence electrons. The summed E-state index contributed by atoms with van der Waals surface area (Å²) in [6.07, 6.45) is 1.86. The second kappa shape index (κ2) is 9.45. The van der Waals surface area contributed by atoms with Gasteiger partial charge >= 0.3 is 0 Å². The van der Waals surface area contributed by atoms with Crippen molar-refractivity contribution in [3.8, 4) is 17.2 Å². The van der Waals surface area contributed by atoms with E-state index in [4.69, 9.17) is 9.15 Å². The number of oxazole rings is 1. The van der Waals surface area contributed by atoms with Crippen molar-refractivity contribution in [2.75, 3.05) is 18.5 Å². The van der Waals surface area contributed by atoms with Crippen LogP contribution in [0.5, 0.6) is 5.75 Å². The van der Waals surface area contributed by atoms with Crippen molar-refractivity contribution in [2.24, 2.45) is 0 Å². The highest BCUT2D eigenvalue weighted by molar-refractivity contribution is 9.10. The number of nitrogens with one attached hydrogen (secondary N) is 1. The van der Waals surface area contributed by atoms with E-state index in [1.807, 2.05) is 6.92 Å². The average molecular weight is 479 g/mol. The fourth-order valence-corrected chi connectivity index (χ4v) is 4.23. The van der Waals surface area contributed by atoms with Gasteiger partial charge in [0.25, 0.3) is 0 Å². The number of aromatic nitrogens is 1. The molecule has 0 spiro atoms. The number of anilines is 1. The number of nitrogens with zero attached hydrogens (tertiary/aromatic N) is 1. The van der Waals surface area contributed by atoms with Crippen LogP contribution in [0.3, 0.4) is 0 Å². The van der Waals surface area contributed by atoms with Gasteiger partial charge in [-0.05, 0) is 61.9 Å². The van der Waals surface area contributed by atoms with E-state index in [9.17, 15) is 8.42 Å². The fourth-order valence-electron chi connectivity index (χ4n) is 2.69. The fraction of sp³-hybridized carbons (Fsp3) is 0.286. The third kappa shape index (κ3) is 5.00. The van der Waals surface area contributed by atoms with Crippen LogP contribution < -0.4 is 10.1 Å². The van der Waals surface area contributed by atoms with E-state index in [2.05, 4.69) is 33.2 Å². The summed E-state index contributed by atoms with van der Waals surface area (Å²) < 4.78 is 38.4. The topological polar surface area (TPSA) is 81.4 Å². The first kappa shape index (κ1) is 21.4. The first-order chi connectivity index (χ1) is 14.0.